The minimum Gasteiger partial charge on any atom is -0.306 e. The van der Waals surface area contributed by atoms with Gasteiger partial charge < -0.3 is 9.80 Å². The van der Waals surface area contributed by atoms with Gasteiger partial charge in [-0.05, 0) is 25.9 Å². The zero-order valence-corrected chi connectivity index (χ0v) is 6.88. The lowest BCUT2D eigenvalue weighted by Gasteiger charge is -2.48. The van der Waals surface area contributed by atoms with Gasteiger partial charge in [-0.1, -0.05) is 0 Å². The van der Waals surface area contributed by atoms with Crippen LogP contribution < -0.4 is 0 Å². The first kappa shape index (κ1) is 6.62. The Labute approximate surface area is 62.8 Å². The minimum absolute atomic E-state index is 1.03. The van der Waals surface area contributed by atoms with Crippen LogP contribution >= 0.6 is 0 Å². The number of hydrogen-bond donors (Lipinski definition) is 0. The van der Waals surface area contributed by atoms with Crippen molar-refractivity contribution in [3.05, 3.63) is 0 Å². The van der Waals surface area contributed by atoms with Crippen LogP contribution in [0.25, 0.3) is 0 Å². The first-order valence-electron chi connectivity index (χ1n) is 4.13. The molecule has 2 aliphatic heterocycles. The van der Waals surface area contributed by atoms with E-state index in [9.17, 15) is 0 Å². The van der Waals surface area contributed by atoms with E-state index in [1.165, 1.54) is 26.2 Å². The number of rotatable bonds is 1. The van der Waals surface area contributed by atoms with E-state index in [1.807, 2.05) is 0 Å². The summed E-state index contributed by atoms with van der Waals surface area (Å²) >= 11 is 0. The van der Waals surface area contributed by atoms with E-state index in [-0.39, 0.29) is 0 Å². The average molecular weight is 140 g/mol. The van der Waals surface area contributed by atoms with Crippen LogP contribution in [0.1, 0.15) is 0 Å². The summed E-state index contributed by atoms with van der Waals surface area (Å²) in [7, 11) is 4.41. The van der Waals surface area contributed by atoms with Gasteiger partial charge in [0.05, 0.1) is 0 Å². The normalized spacial score (nSPS) is 31.8. The first-order chi connectivity index (χ1) is 4.75. The topological polar surface area (TPSA) is 6.48 Å². The summed E-state index contributed by atoms with van der Waals surface area (Å²) in [6, 6.07) is 0. The van der Waals surface area contributed by atoms with E-state index in [0.717, 1.165) is 11.8 Å². The molecular formula is C8H16N2. The molecule has 2 saturated heterocycles. The van der Waals surface area contributed by atoms with Crippen molar-refractivity contribution in [2.75, 3.05) is 40.3 Å². The molecule has 0 radical (unpaired) electrons. The highest BCUT2D eigenvalue weighted by molar-refractivity contribution is 4.90. The molecule has 0 aromatic heterocycles. The summed E-state index contributed by atoms with van der Waals surface area (Å²) in [5.74, 6) is 2.06. The van der Waals surface area contributed by atoms with Crippen LogP contribution in [-0.4, -0.2) is 50.1 Å². The van der Waals surface area contributed by atoms with E-state index in [4.69, 9.17) is 0 Å². The second-order valence-electron chi connectivity index (χ2n) is 3.96. The Morgan fingerprint density at radius 2 is 1.10 bits per heavy atom. The van der Waals surface area contributed by atoms with Crippen molar-refractivity contribution in [1.82, 2.24) is 9.80 Å². The fraction of sp³-hybridized carbons (Fsp3) is 1.00. The van der Waals surface area contributed by atoms with Crippen LogP contribution in [0.3, 0.4) is 0 Å². The second kappa shape index (κ2) is 2.21. The standard InChI is InChI=1S/C8H16N2/c1-9-3-7(4-9)8-5-10(2)6-8/h7-8H,3-6H2,1-2H3. The molecule has 0 atom stereocenters. The third-order valence-corrected chi connectivity index (χ3v) is 2.85. The maximum Gasteiger partial charge on any atom is 0.00226 e. The van der Waals surface area contributed by atoms with Gasteiger partial charge in [0.1, 0.15) is 0 Å². The van der Waals surface area contributed by atoms with Gasteiger partial charge in [0.15, 0.2) is 0 Å². The van der Waals surface area contributed by atoms with Gasteiger partial charge >= 0.3 is 0 Å². The van der Waals surface area contributed by atoms with E-state index in [0.29, 0.717) is 0 Å². The molecule has 2 rings (SSSR count). The summed E-state index contributed by atoms with van der Waals surface area (Å²) in [5, 5.41) is 0. The minimum atomic E-state index is 1.03. The summed E-state index contributed by atoms with van der Waals surface area (Å²) in [6.07, 6.45) is 0. The van der Waals surface area contributed by atoms with Crippen molar-refractivity contribution in [3.8, 4) is 0 Å². The van der Waals surface area contributed by atoms with Crippen molar-refractivity contribution in [1.29, 1.82) is 0 Å². The fourth-order valence-corrected chi connectivity index (χ4v) is 2.09. The molecule has 0 aromatic carbocycles. The molecule has 10 heavy (non-hydrogen) atoms. The van der Waals surface area contributed by atoms with Crippen LogP contribution in [0.5, 0.6) is 0 Å². The smallest absolute Gasteiger partial charge is 0.00226 e. The Bertz CT molecular complexity index is 107. The SMILES string of the molecule is CN1CC(C2CN(C)C2)C1. The number of hydrogen-bond acceptors (Lipinski definition) is 2. The summed E-state index contributed by atoms with van der Waals surface area (Å²) in [4.78, 5) is 4.81. The quantitative estimate of drug-likeness (QED) is 0.510. The van der Waals surface area contributed by atoms with Crippen molar-refractivity contribution >= 4 is 0 Å². The molecule has 0 N–H and O–H groups in total. The van der Waals surface area contributed by atoms with Crippen molar-refractivity contribution in [2.24, 2.45) is 11.8 Å². The van der Waals surface area contributed by atoms with Crippen molar-refractivity contribution < 1.29 is 0 Å². The third kappa shape index (κ3) is 0.956. The lowest BCUT2D eigenvalue weighted by molar-refractivity contribution is 0.00206. The maximum absolute atomic E-state index is 2.41. The molecule has 2 nitrogen and oxygen atoms in total. The molecule has 0 aliphatic carbocycles. The lowest BCUT2D eigenvalue weighted by Crippen LogP contribution is -2.57. The van der Waals surface area contributed by atoms with Gasteiger partial charge in [0, 0.05) is 26.2 Å². The predicted molar refractivity (Wildman–Crippen MR) is 42.0 cm³/mol. The molecule has 0 unspecified atom stereocenters. The predicted octanol–water partition coefficient (Wildman–Crippen LogP) is 0.110. The van der Waals surface area contributed by atoms with E-state index >= 15 is 0 Å². The van der Waals surface area contributed by atoms with Crippen LogP contribution in [0.2, 0.25) is 0 Å². The van der Waals surface area contributed by atoms with E-state index in [2.05, 4.69) is 23.9 Å². The van der Waals surface area contributed by atoms with Gasteiger partial charge in [-0.15, -0.1) is 0 Å². The summed E-state index contributed by atoms with van der Waals surface area (Å²) in [5.41, 5.74) is 0. The Morgan fingerprint density at radius 3 is 1.30 bits per heavy atom. The second-order valence-corrected chi connectivity index (χ2v) is 3.96. The van der Waals surface area contributed by atoms with E-state index in [1.54, 1.807) is 0 Å². The van der Waals surface area contributed by atoms with Crippen LogP contribution in [-0.2, 0) is 0 Å². The zero-order valence-electron chi connectivity index (χ0n) is 6.88. The van der Waals surface area contributed by atoms with Gasteiger partial charge in [0.2, 0.25) is 0 Å². The lowest BCUT2D eigenvalue weighted by atomic mass is 9.81. The van der Waals surface area contributed by atoms with E-state index < -0.39 is 0 Å². The van der Waals surface area contributed by atoms with Crippen molar-refractivity contribution in [3.63, 3.8) is 0 Å². The first-order valence-corrected chi connectivity index (χ1v) is 4.13. The average Bonchev–Trinajstić information content (AvgIpc) is 1.74. The molecule has 58 valence electrons. The third-order valence-electron chi connectivity index (χ3n) is 2.85. The Balaban J connectivity index is 1.72. The van der Waals surface area contributed by atoms with Gasteiger partial charge in [-0.2, -0.15) is 0 Å². The molecule has 0 bridgehead atoms. The number of likely N-dealkylation sites (tertiary alicyclic amines) is 2. The summed E-state index contributed by atoms with van der Waals surface area (Å²) in [6.45, 7) is 5.38. The van der Waals surface area contributed by atoms with Gasteiger partial charge in [-0.3, -0.25) is 0 Å². The van der Waals surface area contributed by atoms with Gasteiger partial charge in [-0.25, -0.2) is 0 Å². The molecule has 2 heteroatoms. The molecule has 2 heterocycles. The van der Waals surface area contributed by atoms with Crippen molar-refractivity contribution in [2.45, 2.75) is 0 Å². The largest absolute Gasteiger partial charge is 0.306 e. The van der Waals surface area contributed by atoms with Crippen LogP contribution in [0.15, 0.2) is 0 Å². The summed E-state index contributed by atoms with van der Waals surface area (Å²) < 4.78 is 0. The molecular weight excluding hydrogens is 124 g/mol. The maximum atomic E-state index is 2.41. The molecule has 0 amide bonds. The fourth-order valence-electron chi connectivity index (χ4n) is 2.09. The highest BCUT2D eigenvalue weighted by Gasteiger charge is 2.36. The molecule has 2 aliphatic rings. The zero-order chi connectivity index (χ0) is 7.14. The molecule has 0 spiro atoms. The number of nitrogens with zero attached hydrogens (tertiary/aromatic N) is 2. The van der Waals surface area contributed by atoms with Crippen LogP contribution in [0.4, 0.5) is 0 Å². The highest BCUT2D eigenvalue weighted by Crippen LogP contribution is 2.28. The monoisotopic (exact) mass is 140 g/mol. The van der Waals surface area contributed by atoms with Gasteiger partial charge in [0.25, 0.3) is 0 Å². The Kier molecular flexibility index (Phi) is 1.46. The molecule has 2 fully saturated rings. The van der Waals surface area contributed by atoms with Crippen LogP contribution in [0, 0.1) is 11.8 Å². The Morgan fingerprint density at radius 1 is 0.800 bits per heavy atom. The molecule has 0 aromatic rings. The Hall–Kier alpha value is -0.0800. The molecule has 0 saturated carbocycles. The highest BCUT2D eigenvalue weighted by atomic mass is 15.2.